The molecule has 1 heterocycles. The number of nitrogens with two attached hydrogens (primary N) is 1. The van der Waals surface area contributed by atoms with E-state index in [1.807, 2.05) is 0 Å². The fourth-order valence-corrected chi connectivity index (χ4v) is 2.50. The SMILES string of the molecule is Cc1nc(C(=O)N(C)C2CCCC2CN)no1. The molecule has 6 nitrogen and oxygen atoms in total. The Morgan fingerprint density at radius 3 is 2.94 bits per heavy atom. The molecule has 1 aromatic heterocycles. The van der Waals surface area contributed by atoms with Crippen LogP contribution in [-0.4, -0.2) is 40.6 Å². The molecule has 0 saturated heterocycles. The highest BCUT2D eigenvalue weighted by Crippen LogP contribution is 2.29. The Morgan fingerprint density at radius 2 is 2.35 bits per heavy atom. The predicted molar refractivity (Wildman–Crippen MR) is 61.3 cm³/mol. The normalized spacial score (nSPS) is 23.9. The van der Waals surface area contributed by atoms with Crippen LogP contribution in [0, 0.1) is 12.8 Å². The van der Waals surface area contributed by atoms with E-state index in [0.717, 1.165) is 19.3 Å². The minimum absolute atomic E-state index is 0.132. The van der Waals surface area contributed by atoms with E-state index < -0.39 is 0 Å². The Balaban J connectivity index is 2.09. The minimum atomic E-state index is -0.188. The average molecular weight is 238 g/mol. The van der Waals surface area contributed by atoms with Gasteiger partial charge in [0.15, 0.2) is 0 Å². The molecule has 0 spiro atoms. The highest BCUT2D eigenvalue weighted by atomic mass is 16.5. The molecule has 94 valence electrons. The van der Waals surface area contributed by atoms with Gasteiger partial charge in [0.1, 0.15) is 0 Å². The van der Waals surface area contributed by atoms with Gasteiger partial charge in [0, 0.05) is 20.0 Å². The maximum atomic E-state index is 12.1. The number of hydrogen-bond acceptors (Lipinski definition) is 5. The molecule has 1 amide bonds. The van der Waals surface area contributed by atoms with Gasteiger partial charge in [0.05, 0.1) is 0 Å². The van der Waals surface area contributed by atoms with Gasteiger partial charge in [0.2, 0.25) is 5.89 Å². The number of nitrogens with zero attached hydrogens (tertiary/aromatic N) is 3. The lowest BCUT2D eigenvalue weighted by Crippen LogP contribution is -2.41. The third-order valence-corrected chi connectivity index (χ3v) is 3.46. The van der Waals surface area contributed by atoms with E-state index in [0.29, 0.717) is 18.4 Å². The molecule has 1 saturated carbocycles. The molecule has 2 unspecified atom stereocenters. The third kappa shape index (κ3) is 2.31. The van der Waals surface area contributed by atoms with Crippen LogP contribution in [0.5, 0.6) is 0 Å². The molecule has 1 fully saturated rings. The molecule has 6 heteroatoms. The smallest absolute Gasteiger partial charge is 0.295 e. The number of carbonyl (C=O) groups excluding carboxylic acids is 1. The number of hydrogen-bond donors (Lipinski definition) is 1. The summed E-state index contributed by atoms with van der Waals surface area (Å²) in [4.78, 5) is 17.8. The first-order chi connectivity index (χ1) is 8.13. The van der Waals surface area contributed by atoms with Crippen molar-refractivity contribution >= 4 is 5.91 Å². The Bertz CT molecular complexity index is 404. The van der Waals surface area contributed by atoms with Crippen LogP contribution < -0.4 is 5.73 Å². The Labute approximate surface area is 100 Å². The zero-order chi connectivity index (χ0) is 12.4. The van der Waals surface area contributed by atoms with E-state index >= 15 is 0 Å². The Kier molecular flexibility index (Phi) is 3.42. The summed E-state index contributed by atoms with van der Waals surface area (Å²) >= 11 is 0. The van der Waals surface area contributed by atoms with Crippen LogP contribution in [0.2, 0.25) is 0 Å². The maximum absolute atomic E-state index is 12.1. The summed E-state index contributed by atoms with van der Waals surface area (Å²) in [7, 11) is 1.78. The Morgan fingerprint density at radius 1 is 1.59 bits per heavy atom. The van der Waals surface area contributed by atoms with Crippen LogP contribution in [0.4, 0.5) is 0 Å². The Hall–Kier alpha value is -1.43. The van der Waals surface area contributed by atoms with Gasteiger partial charge in [-0.1, -0.05) is 11.6 Å². The molecule has 1 aliphatic rings. The molecule has 2 atom stereocenters. The van der Waals surface area contributed by atoms with Crippen LogP contribution in [-0.2, 0) is 0 Å². The molecule has 0 aromatic carbocycles. The van der Waals surface area contributed by atoms with Gasteiger partial charge < -0.3 is 15.2 Å². The maximum Gasteiger partial charge on any atom is 0.295 e. The van der Waals surface area contributed by atoms with Gasteiger partial charge in [-0.15, -0.1) is 0 Å². The zero-order valence-corrected chi connectivity index (χ0v) is 10.2. The van der Waals surface area contributed by atoms with Crippen LogP contribution in [0.1, 0.15) is 35.8 Å². The van der Waals surface area contributed by atoms with Crippen LogP contribution in [0.15, 0.2) is 4.52 Å². The molecule has 0 aliphatic heterocycles. The molecular formula is C11H18N4O2. The lowest BCUT2D eigenvalue weighted by Gasteiger charge is -2.28. The highest BCUT2D eigenvalue weighted by Gasteiger charge is 2.33. The van der Waals surface area contributed by atoms with Crippen molar-refractivity contribution in [3.05, 3.63) is 11.7 Å². The van der Waals surface area contributed by atoms with Crippen molar-refractivity contribution in [2.75, 3.05) is 13.6 Å². The van der Waals surface area contributed by atoms with E-state index in [4.69, 9.17) is 10.3 Å². The fourth-order valence-electron chi connectivity index (χ4n) is 2.50. The monoisotopic (exact) mass is 238 g/mol. The first-order valence-electron chi connectivity index (χ1n) is 5.91. The van der Waals surface area contributed by atoms with E-state index in [1.165, 1.54) is 0 Å². The van der Waals surface area contributed by atoms with Crippen molar-refractivity contribution in [2.24, 2.45) is 11.7 Å². The number of rotatable bonds is 3. The molecule has 0 radical (unpaired) electrons. The van der Waals surface area contributed by atoms with Crippen molar-refractivity contribution in [1.82, 2.24) is 15.0 Å². The standard InChI is InChI=1S/C11H18N4O2/c1-7-13-10(14-17-7)11(16)15(2)9-5-3-4-8(9)6-12/h8-9H,3-6,12H2,1-2H3. The van der Waals surface area contributed by atoms with Crippen molar-refractivity contribution < 1.29 is 9.32 Å². The zero-order valence-electron chi connectivity index (χ0n) is 10.2. The molecule has 1 aliphatic carbocycles. The lowest BCUT2D eigenvalue weighted by molar-refractivity contribution is 0.0684. The predicted octanol–water partition coefficient (Wildman–Crippen LogP) is 0.577. The highest BCUT2D eigenvalue weighted by molar-refractivity contribution is 5.90. The third-order valence-electron chi connectivity index (χ3n) is 3.46. The molecule has 2 rings (SSSR count). The van der Waals surface area contributed by atoms with Crippen LogP contribution in [0.3, 0.4) is 0 Å². The minimum Gasteiger partial charge on any atom is -0.339 e. The molecular weight excluding hydrogens is 220 g/mol. The van der Waals surface area contributed by atoms with Gasteiger partial charge in [0.25, 0.3) is 11.7 Å². The van der Waals surface area contributed by atoms with Crippen molar-refractivity contribution in [3.8, 4) is 0 Å². The van der Waals surface area contributed by atoms with E-state index in [1.54, 1.807) is 18.9 Å². The summed E-state index contributed by atoms with van der Waals surface area (Å²) < 4.78 is 4.82. The largest absolute Gasteiger partial charge is 0.339 e. The van der Waals surface area contributed by atoms with Gasteiger partial charge in [-0.25, -0.2) is 0 Å². The van der Waals surface area contributed by atoms with Crippen molar-refractivity contribution in [2.45, 2.75) is 32.2 Å². The van der Waals surface area contributed by atoms with Gasteiger partial charge in [-0.3, -0.25) is 4.79 Å². The molecule has 17 heavy (non-hydrogen) atoms. The van der Waals surface area contributed by atoms with E-state index in [-0.39, 0.29) is 17.8 Å². The summed E-state index contributed by atoms with van der Waals surface area (Å²) in [5.74, 6) is 0.736. The number of aryl methyl sites for hydroxylation is 1. The number of amides is 1. The summed E-state index contributed by atoms with van der Waals surface area (Å²) in [6.45, 7) is 2.29. The molecule has 0 bridgehead atoms. The van der Waals surface area contributed by atoms with Crippen LogP contribution in [0.25, 0.3) is 0 Å². The van der Waals surface area contributed by atoms with Gasteiger partial charge in [-0.05, 0) is 25.3 Å². The summed E-state index contributed by atoms with van der Waals surface area (Å²) in [6.07, 6.45) is 3.21. The number of carbonyl (C=O) groups is 1. The summed E-state index contributed by atoms with van der Waals surface area (Å²) in [5.41, 5.74) is 5.72. The molecule has 1 aromatic rings. The molecule has 2 N–H and O–H groups in total. The van der Waals surface area contributed by atoms with Gasteiger partial charge >= 0.3 is 0 Å². The number of aromatic nitrogens is 2. The van der Waals surface area contributed by atoms with Crippen LogP contribution >= 0.6 is 0 Å². The van der Waals surface area contributed by atoms with E-state index in [9.17, 15) is 4.79 Å². The van der Waals surface area contributed by atoms with Gasteiger partial charge in [-0.2, -0.15) is 4.98 Å². The second-order valence-electron chi connectivity index (χ2n) is 4.55. The lowest BCUT2D eigenvalue weighted by atomic mass is 10.0. The quantitative estimate of drug-likeness (QED) is 0.832. The first kappa shape index (κ1) is 12.0. The second-order valence-corrected chi connectivity index (χ2v) is 4.55. The van der Waals surface area contributed by atoms with E-state index in [2.05, 4.69) is 10.1 Å². The topological polar surface area (TPSA) is 85.2 Å². The second kappa shape index (κ2) is 4.83. The summed E-state index contributed by atoms with van der Waals surface area (Å²) in [6, 6.07) is 0.200. The summed E-state index contributed by atoms with van der Waals surface area (Å²) in [5, 5.41) is 3.65. The van der Waals surface area contributed by atoms with Crippen molar-refractivity contribution in [3.63, 3.8) is 0 Å². The first-order valence-corrected chi connectivity index (χ1v) is 5.91. The fraction of sp³-hybridized carbons (Fsp3) is 0.727. The average Bonchev–Trinajstić information content (AvgIpc) is 2.95. The van der Waals surface area contributed by atoms with Crippen molar-refractivity contribution in [1.29, 1.82) is 0 Å².